The molecule has 0 bridgehead atoms. The summed E-state index contributed by atoms with van der Waals surface area (Å²) in [4.78, 5) is 11.7. The molecule has 18 heavy (non-hydrogen) atoms. The van der Waals surface area contributed by atoms with Gasteiger partial charge in [-0.15, -0.1) is 0 Å². The van der Waals surface area contributed by atoms with Crippen LogP contribution in [0.25, 0.3) is 0 Å². The zero-order valence-corrected chi connectivity index (χ0v) is 10.8. The number of nitrogens with one attached hydrogen (secondary N) is 2. The first-order chi connectivity index (χ1) is 8.65. The van der Waals surface area contributed by atoms with Crippen LogP contribution in [0.1, 0.15) is 12.0 Å². The molecule has 0 aromatic heterocycles. The number of benzene rings is 1. The molecule has 1 aliphatic rings. The van der Waals surface area contributed by atoms with Gasteiger partial charge in [0.15, 0.2) is 0 Å². The van der Waals surface area contributed by atoms with E-state index in [0.29, 0.717) is 24.5 Å². The molecule has 2 rings (SSSR count). The number of β-amino-alcohol motifs (C(OH)–C–C–N with tert-alkyl or cyclic N) is 1. The molecule has 0 aliphatic carbocycles. The van der Waals surface area contributed by atoms with E-state index in [0.717, 1.165) is 12.0 Å². The predicted molar refractivity (Wildman–Crippen MR) is 70.6 cm³/mol. The first-order valence-electron chi connectivity index (χ1n) is 6.09. The van der Waals surface area contributed by atoms with E-state index in [2.05, 4.69) is 10.6 Å². The maximum absolute atomic E-state index is 11.7. The Labute approximate surface area is 111 Å². The fraction of sp³-hybridized carbons (Fsp3) is 0.462. The molecule has 0 spiro atoms. The molecule has 5 heteroatoms. The minimum Gasteiger partial charge on any atom is -0.392 e. The Kier molecular flexibility index (Phi) is 4.58. The monoisotopic (exact) mass is 268 g/mol. The Morgan fingerprint density at radius 2 is 2.39 bits per heavy atom. The van der Waals surface area contributed by atoms with Gasteiger partial charge in [0, 0.05) is 18.1 Å². The lowest BCUT2D eigenvalue weighted by Crippen LogP contribution is -2.41. The molecule has 3 N–H and O–H groups in total. The minimum absolute atomic E-state index is 0.0476. The standard InChI is InChI=1S/C13H17ClN2O2/c14-10-3-1-2-9(6-10)4-5-15-13(18)12-7-11(17)8-16-12/h1-3,6,11-12,16-17H,4-5,7-8H2,(H,15,18)/t11-,12+/m1/s1. The van der Waals surface area contributed by atoms with Crippen molar-refractivity contribution >= 4 is 17.5 Å². The zero-order chi connectivity index (χ0) is 13.0. The van der Waals surface area contributed by atoms with Gasteiger partial charge in [0.1, 0.15) is 0 Å². The summed E-state index contributed by atoms with van der Waals surface area (Å²) in [7, 11) is 0. The van der Waals surface area contributed by atoms with Gasteiger partial charge in [-0.05, 0) is 30.5 Å². The fourth-order valence-electron chi connectivity index (χ4n) is 2.06. The average Bonchev–Trinajstić information content (AvgIpc) is 2.76. The fourth-order valence-corrected chi connectivity index (χ4v) is 2.28. The zero-order valence-electron chi connectivity index (χ0n) is 10.0. The molecule has 0 saturated carbocycles. The van der Waals surface area contributed by atoms with Crippen molar-refractivity contribution in [1.29, 1.82) is 0 Å². The van der Waals surface area contributed by atoms with Crippen molar-refractivity contribution in [2.24, 2.45) is 0 Å². The largest absolute Gasteiger partial charge is 0.392 e. The molecule has 1 saturated heterocycles. The smallest absolute Gasteiger partial charge is 0.237 e. The third-order valence-corrected chi connectivity index (χ3v) is 3.26. The van der Waals surface area contributed by atoms with Gasteiger partial charge in [0.25, 0.3) is 0 Å². The predicted octanol–water partition coefficient (Wildman–Crippen LogP) is 0.721. The number of hydrogen-bond acceptors (Lipinski definition) is 3. The summed E-state index contributed by atoms with van der Waals surface area (Å²) in [5.41, 5.74) is 1.10. The molecule has 1 aromatic carbocycles. The average molecular weight is 269 g/mol. The van der Waals surface area contributed by atoms with Crippen LogP contribution in [0.5, 0.6) is 0 Å². The maximum Gasteiger partial charge on any atom is 0.237 e. The van der Waals surface area contributed by atoms with Crippen LogP contribution in [0.4, 0.5) is 0 Å². The number of aliphatic hydroxyl groups excluding tert-OH is 1. The van der Waals surface area contributed by atoms with E-state index in [1.807, 2.05) is 24.3 Å². The normalized spacial score (nSPS) is 23.0. The molecule has 2 atom stereocenters. The quantitative estimate of drug-likeness (QED) is 0.754. The topological polar surface area (TPSA) is 61.4 Å². The number of carbonyl (C=O) groups excluding carboxylic acids is 1. The minimum atomic E-state index is -0.409. The third-order valence-electron chi connectivity index (χ3n) is 3.03. The SMILES string of the molecule is O=C(NCCc1cccc(Cl)c1)[C@@H]1C[C@@H](O)CN1. The highest BCUT2D eigenvalue weighted by molar-refractivity contribution is 6.30. The second-order valence-corrected chi connectivity index (χ2v) is 4.96. The summed E-state index contributed by atoms with van der Waals surface area (Å²) >= 11 is 5.88. The van der Waals surface area contributed by atoms with Gasteiger partial charge in [-0.1, -0.05) is 23.7 Å². The molecular formula is C13H17ClN2O2. The van der Waals surface area contributed by atoms with Gasteiger partial charge >= 0.3 is 0 Å². The summed E-state index contributed by atoms with van der Waals surface area (Å²) in [6, 6.07) is 7.34. The molecule has 0 unspecified atom stereocenters. The molecule has 4 nitrogen and oxygen atoms in total. The van der Waals surface area contributed by atoms with Crippen molar-refractivity contribution in [1.82, 2.24) is 10.6 Å². The van der Waals surface area contributed by atoms with Gasteiger partial charge < -0.3 is 15.7 Å². The summed E-state index contributed by atoms with van der Waals surface area (Å²) in [5, 5.41) is 15.9. The number of halogens is 1. The first kappa shape index (κ1) is 13.3. The van der Waals surface area contributed by atoms with Crippen molar-refractivity contribution in [2.45, 2.75) is 25.0 Å². The van der Waals surface area contributed by atoms with Crippen molar-refractivity contribution in [3.63, 3.8) is 0 Å². The van der Waals surface area contributed by atoms with Crippen LogP contribution in [0, 0.1) is 0 Å². The van der Waals surface area contributed by atoms with E-state index in [9.17, 15) is 9.90 Å². The van der Waals surface area contributed by atoms with Crippen molar-refractivity contribution in [3.8, 4) is 0 Å². The van der Waals surface area contributed by atoms with Crippen LogP contribution in [0.2, 0.25) is 5.02 Å². The molecule has 98 valence electrons. The van der Waals surface area contributed by atoms with Gasteiger partial charge in [-0.25, -0.2) is 0 Å². The lowest BCUT2D eigenvalue weighted by atomic mass is 10.1. The highest BCUT2D eigenvalue weighted by Gasteiger charge is 2.27. The Balaban J connectivity index is 1.73. The second-order valence-electron chi connectivity index (χ2n) is 4.52. The molecule has 1 amide bonds. The van der Waals surface area contributed by atoms with E-state index >= 15 is 0 Å². The van der Waals surface area contributed by atoms with Crippen LogP contribution in [0.3, 0.4) is 0 Å². The van der Waals surface area contributed by atoms with Crippen LogP contribution >= 0.6 is 11.6 Å². The maximum atomic E-state index is 11.7. The summed E-state index contributed by atoms with van der Waals surface area (Å²) in [6.45, 7) is 1.07. The van der Waals surface area contributed by atoms with Gasteiger partial charge in [-0.2, -0.15) is 0 Å². The van der Waals surface area contributed by atoms with Crippen LogP contribution in [0.15, 0.2) is 24.3 Å². The molecule has 1 aromatic rings. The van der Waals surface area contributed by atoms with Gasteiger partial charge in [0.2, 0.25) is 5.91 Å². The van der Waals surface area contributed by atoms with Gasteiger partial charge in [-0.3, -0.25) is 4.79 Å². The van der Waals surface area contributed by atoms with E-state index in [-0.39, 0.29) is 11.9 Å². The summed E-state index contributed by atoms with van der Waals surface area (Å²) in [6.07, 6.45) is 0.832. The van der Waals surface area contributed by atoms with E-state index < -0.39 is 6.10 Å². The number of carbonyl (C=O) groups is 1. The Morgan fingerprint density at radius 3 is 3.06 bits per heavy atom. The highest BCUT2D eigenvalue weighted by Crippen LogP contribution is 2.11. The summed E-state index contributed by atoms with van der Waals surface area (Å²) < 4.78 is 0. The third kappa shape index (κ3) is 3.70. The number of aliphatic hydroxyl groups is 1. The number of amides is 1. The van der Waals surface area contributed by atoms with E-state index in [4.69, 9.17) is 11.6 Å². The lowest BCUT2D eigenvalue weighted by Gasteiger charge is -2.11. The van der Waals surface area contributed by atoms with Crippen LogP contribution in [-0.4, -0.2) is 36.2 Å². The van der Waals surface area contributed by atoms with Crippen molar-refractivity contribution < 1.29 is 9.90 Å². The molecule has 1 aliphatic heterocycles. The number of rotatable bonds is 4. The van der Waals surface area contributed by atoms with Crippen LogP contribution in [-0.2, 0) is 11.2 Å². The number of hydrogen-bond donors (Lipinski definition) is 3. The molecule has 1 heterocycles. The molecule has 1 fully saturated rings. The van der Waals surface area contributed by atoms with Crippen LogP contribution < -0.4 is 10.6 Å². The highest BCUT2D eigenvalue weighted by atomic mass is 35.5. The van der Waals surface area contributed by atoms with E-state index in [1.54, 1.807) is 0 Å². The molecular weight excluding hydrogens is 252 g/mol. The van der Waals surface area contributed by atoms with E-state index in [1.165, 1.54) is 0 Å². The lowest BCUT2D eigenvalue weighted by molar-refractivity contribution is -0.122. The summed E-state index contributed by atoms with van der Waals surface area (Å²) in [5.74, 6) is -0.0476. The Bertz CT molecular complexity index is 425. The molecule has 0 radical (unpaired) electrons. The Hall–Kier alpha value is -1.10. The first-order valence-corrected chi connectivity index (χ1v) is 6.46. The second kappa shape index (κ2) is 6.18. The van der Waals surface area contributed by atoms with Crippen molar-refractivity contribution in [2.75, 3.05) is 13.1 Å². The van der Waals surface area contributed by atoms with Gasteiger partial charge in [0.05, 0.1) is 12.1 Å². The van der Waals surface area contributed by atoms with Crippen molar-refractivity contribution in [3.05, 3.63) is 34.9 Å². The Morgan fingerprint density at radius 1 is 1.56 bits per heavy atom.